The van der Waals surface area contributed by atoms with Crippen LogP contribution in [0.2, 0.25) is 0 Å². The summed E-state index contributed by atoms with van der Waals surface area (Å²) in [6.07, 6.45) is 6.45. The van der Waals surface area contributed by atoms with Crippen LogP contribution in [-0.4, -0.2) is 20.7 Å². The Bertz CT molecular complexity index is 530. The van der Waals surface area contributed by atoms with Crippen molar-refractivity contribution in [2.45, 2.75) is 0 Å². The van der Waals surface area contributed by atoms with Crippen molar-refractivity contribution in [3.05, 3.63) is 48.4 Å². The molecule has 2 rings (SSSR count). The highest BCUT2D eigenvalue weighted by atomic mass is 16.1. The Morgan fingerprint density at radius 3 is 2.88 bits per heavy atom. The number of aromatic nitrogens is 3. The molecule has 0 aliphatic carbocycles. The van der Waals surface area contributed by atoms with Crippen molar-refractivity contribution in [3.8, 4) is 0 Å². The van der Waals surface area contributed by atoms with Gasteiger partial charge in [0.2, 0.25) is 5.91 Å². The maximum absolute atomic E-state index is 11.6. The third-order valence-electron chi connectivity index (χ3n) is 2.18. The molecule has 0 aliphatic rings. The number of carbonyl (C=O) groups excluding carboxylic acids is 1. The van der Waals surface area contributed by atoms with Crippen LogP contribution in [0.25, 0.3) is 6.08 Å². The highest BCUT2D eigenvalue weighted by Gasteiger charge is 1.98. The molecule has 5 nitrogen and oxygen atoms in total. The van der Waals surface area contributed by atoms with Gasteiger partial charge in [-0.25, -0.2) is 4.98 Å². The van der Waals surface area contributed by atoms with Crippen LogP contribution in [0.4, 0.5) is 5.82 Å². The molecule has 0 aromatic carbocycles. The van der Waals surface area contributed by atoms with Crippen molar-refractivity contribution in [2.24, 2.45) is 7.05 Å². The molecule has 0 fully saturated rings. The van der Waals surface area contributed by atoms with E-state index in [9.17, 15) is 4.79 Å². The van der Waals surface area contributed by atoms with E-state index in [1.807, 2.05) is 19.2 Å². The van der Waals surface area contributed by atoms with Gasteiger partial charge in [-0.15, -0.1) is 0 Å². The number of amides is 1. The normalized spacial score (nSPS) is 10.6. The number of nitrogens with one attached hydrogen (secondary N) is 1. The van der Waals surface area contributed by atoms with Crippen LogP contribution < -0.4 is 5.32 Å². The van der Waals surface area contributed by atoms with Gasteiger partial charge < -0.3 is 5.32 Å². The second kappa shape index (κ2) is 5.07. The molecule has 1 N–H and O–H groups in total. The summed E-state index contributed by atoms with van der Waals surface area (Å²) < 4.78 is 1.69. The lowest BCUT2D eigenvalue weighted by molar-refractivity contribution is -0.111. The zero-order valence-electron chi connectivity index (χ0n) is 9.37. The highest BCUT2D eigenvalue weighted by molar-refractivity contribution is 6.01. The average molecular weight is 228 g/mol. The van der Waals surface area contributed by atoms with E-state index >= 15 is 0 Å². The monoisotopic (exact) mass is 228 g/mol. The van der Waals surface area contributed by atoms with Gasteiger partial charge >= 0.3 is 0 Å². The number of pyridine rings is 1. The van der Waals surface area contributed by atoms with Gasteiger partial charge in [0.1, 0.15) is 5.82 Å². The quantitative estimate of drug-likeness (QED) is 0.809. The molecule has 2 heterocycles. The number of carbonyl (C=O) groups is 1. The predicted octanol–water partition coefficient (Wildman–Crippen LogP) is 1.47. The first-order valence-electron chi connectivity index (χ1n) is 5.14. The van der Waals surface area contributed by atoms with Crippen molar-refractivity contribution >= 4 is 17.8 Å². The van der Waals surface area contributed by atoms with Crippen LogP contribution in [0.1, 0.15) is 5.69 Å². The van der Waals surface area contributed by atoms with Crippen molar-refractivity contribution in [3.63, 3.8) is 0 Å². The van der Waals surface area contributed by atoms with E-state index in [1.54, 1.807) is 35.3 Å². The molecule has 0 unspecified atom stereocenters. The Labute approximate surface area is 98.8 Å². The van der Waals surface area contributed by atoms with Gasteiger partial charge in [0.05, 0.1) is 5.69 Å². The minimum Gasteiger partial charge on any atom is -0.307 e. The Hall–Kier alpha value is -2.43. The lowest BCUT2D eigenvalue weighted by Gasteiger charge is -1.99. The van der Waals surface area contributed by atoms with E-state index in [2.05, 4.69) is 15.4 Å². The summed E-state index contributed by atoms with van der Waals surface area (Å²) in [7, 11) is 1.82. The van der Waals surface area contributed by atoms with Gasteiger partial charge in [0.15, 0.2) is 0 Å². The first-order chi connectivity index (χ1) is 8.25. The number of aryl methyl sites for hydroxylation is 1. The Morgan fingerprint density at radius 1 is 1.35 bits per heavy atom. The lowest BCUT2D eigenvalue weighted by Crippen LogP contribution is -2.08. The minimum atomic E-state index is -0.218. The first-order valence-corrected chi connectivity index (χ1v) is 5.14. The number of hydrogen-bond donors (Lipinski definition) is 1. The van der Waals surface area contributed by atoms with Crippen molar-refractivity contribution < 1.29 is 4.79 Å². The number of nitrogens with zero attached hydrogens (tertiary/aromatic N) is 3. The maximum atomic E-state index is 11.6. The summed E-state index contributed by atoms with van der Waals surface area (Å²) in [4.78, 5) is 15.5. The van der Waals surface area contributed by atoms with Crippen LogP contribution in [-0.2, 0) is 11.8 Å². The molecular weight excluding hydrogens is 216 g/mol. The van der Waals surface area contributed by atoms with E-state index in [1.165, 1.54) is 6.08 Å². The molecule has 86 valence electrons. The van der Waals surface area contributed by atoms with Gasteiger partial charge in [0, 0.05) is 25.5 Å². The van der Waals surface area contributed by atoms with Crippen molar-refractivity contribution in [1.29, 1.82) is 0 Å². The van der Waals surface area contributed by atoms with Crippen molar-refractivity contribution in [1.82, 2.24) is 14.8 Å². The minimum absolute atomic E-state index is 0.218. The molecule has 5 heteroatoms. The first kappa shape index (κ1) is 11.1. The molecule has 0 atom stereocenters. The van der Waals surface area contributed by atoms with Crippen LogP contribution in [0.5, 0.6) is 0 Å². The van der Waals surface area contributed by atoms with Gasteiger partial charge in [-0.05, 0) is 24.3 Å². The van der Waals surface area contributed by atoms with Crippen LogP contribution in [0.3, 0.4) is 0 Å². The topological polar surface area (TPSA) is 59.8 Å². The van der Waals surface area contributed by atoms with Gasteiger partial charge in [-0.2, -0.15) is 5.10 Å². The van der Waals surface area contributed by atoms with Gasteiger partial charge in [-0.3, -0.25) is 9.48 Å². The second-order valence-corrected chi connectivity index (χ2v) is 3.42. The van der Waals surface area contributed by atoms with Gasteiger partial charge in [0.25, 0.3) is 0 Å². The molecular formula is C12H12N4O. The van der Waals surface area contributed by atoms with E-state index in [-0.39, 0.29) is 5.91 Å². The molecule has 17 heavy (non-hydrogen) atoms. The molecule has 0 saturated heterocycles. The third kappa shape index (κ3) is 3.01. The van der Waals surface area contributed by atoms with Gasteiger partial charge in [-0.1, -0.05) is 6.07 Å². The zero-order chi connectivity index (χ0) is 12.1. The highest BCUT2D eigenvalue weighted by Crippen LogP contribution is 2.02. The molecule has 0 radical (unpaired) electrons. The fourth-order valence-corrected chi connectivity index (χ4v) is 1.31. The summed E-state index contributed by atoms with van der Waals surface area (Å²) in [5.41, 5.74) is 0.862. The van der Waals surface area contributed by atoms with Crippen LogP contribution in [0, 0.1) is 0 Å². The summed E-state index contributed by atoms with van der Waals surface area (Å²) in [6.45, 7) is 0. The van der Waals surface area contributed by atoms with Crippen LogP contribution >= 0.6 is 0 Å². The van der Waals surface area contributed by atoms with E-state index in [4.69, 9.17) is 0 Å². The Kier molecular flexibility index (Phi) is 3.30. The van der Waals surface area contributed by atoms with E-state index < -0.39 is 0 Å². The Balaban J connectivity index is 1.99. The lowest BCUT2D eigenvalue weighted by atomic mass is 10.3. The number of hydrogen-bond acceptors (Lipinski definition) is 3. The molecule has 0 spiro atoms. The molecule has 2 aromatic heterocycles. The molecule has 0 aliphatic heterocycles. The number of rotatable bonds is 3. The SMILES string of the molecule is Cn1nccc1C=CC(=O)Nc1ccccn1. The summed E-state index contributed by atoms with van der Waals surface area (Å²) in [5.74, 6) is 0.317. The van der Waals surface area contributed by atoms with E-state index in [0.717, 1.165) is 5.69 Å². The Morgan fingerprint density at radius 2 is 2.24 bits per heavy atom. The maximum Gasteiger partial charge on any atom is 0.249 e. The summed E-state index contributed by atoms with van der Waals surface area (Å²) in [5, 5.41) is 6.66. The average Bonchev–Trinajstić information content (AvgIpc) is 2.74. The molecule has 0 bridgehead atoms. The standard InChI is InChI=1S/C12H12N4O/c1-16-10(7-9-14-16)5-6-12(17)15-11-4-2-3-8-13-11/h2-9H,1H3,(H,13,15,17). The van der Waals surface area contributed by atoms with Crippen LogP contribution in [0.15, 0.2) is 42.7 Å². The third-order valence-corrected chi connectivity index (χ3v) is 2.18. The van der Waals surface area contributed by atoms with E-state index in [0.29, 0.717) is 5.82 Å². The summed E-state index contributed by atoms with van der Waals surface area (Å²) in [6, 6.07) is 7.16. The molecule has 2 aromatic rings. The predicted molar refractivity (Wildman–Crippen MR) is 65.1 cm³/mol. The molecule has 0 saturated carbocycles. The zero-order valence-corrected chi connectivity index (χ0v) is 9.37. The van der Waals surface area contributed by atoms with Crippen molar-refractivity contribution in [2.75, 3.05) is 5.32 Å². The largest absolute Gasteiger partial charge is 0.307 e. The summed E-state index contributed by atoms with van der Waals surface area (Å²) >= 11 is 0. The smallest absolute Gasteiger partial charge is 0.249 e. The number of anilines is 1. The fraction of sp³-hybridized carbons (Fsp3) is 0.0833. The second-order valence-electron chi connectivity index (χ2n) is 3.42. The fourth-order valence-electron chi connectivity index (χ4n) is 1.31. The molecule has 1 amide bonds.